The Bertz CT molecular complexity index is 1060. The molecule has 0 saturated carbocycles. The fourth-order valence-electron chi connectivity index (χ4n) is 2.63. The third-order valence-electron chi connectivity index (χ3n) is 3.96. The first-order chi connectivity index (χ1) is 13.5. The van der Waals surface area contributed by atoms with E-state index in [1.165, 1.54) is 6.08 Å². The van der Waals surface area contributed by atoms with Crippen LogP contribution in [0.2, 0.25) is 5.02 Å². The molecule has 2 aromatic carbocycles. The van der Waals surface area contributed by atoms with Gasteiger partial charge in [0, 0.05) is 22.3 Å². The molecule has 0 bridgehead atoms. The van der Waals surface area contributed by atoms with E-state index < -0.39 is 5.91 Å². The SMILES string of the molecule is CCOc1ccc(-c2nn(-c3ccc(Cl)cc3)cc2/C=C(\C#N)C(N)=O)cc1. The minimum Gasteiger partial charge on any atom is -0.494 e. The molecule has 0 atom stereocenters. The van der Waals surface area contributed by atoms with Crippen molar-refractivity contribution < 1.29 is 9.53 Å². The van der Waals surface area contributed by atoms with Gasteiger partial charge in [-0.25, -0.2) is 4.68 Å². The number of ether oxygens (including phenoxy) is 1. The molecule has 0 aliphatic rings. The Balaban J connectivity index is 2.11. The highest BCUT2D eigenvalue weighted by atomic mass is 35.5. The van der Waals surface area contributed by atoms with Gasteiger partial charge in [-0.3, -0.25) is 4.79 Å². The molecule has 140 valence electrons. The van der Waals surface area contributed by atoms with E-state index in [-0.39, 0.29) is 5.57 Å². The van der Waals surface area contributed by atoms with E-state index in [4.69, 9.17) is 22.1 Å². The molecular weight excluding hydrogens is 376 g/mol. The lowest BCUT2D eigenvalue weighted by Gasteiger charge is -2.04. The first-order valence-corrected chi connectivity index (χ1v) is 8.90. The number of amides is 1. The minimum atomic E-state index is -0.792. The van der Waals surface area contributed by atoms with E-state index in [0.29, 0.717) is 22.9 Å². The third-order valence-corrected chi connectivity index (χ3v) is 4.21. The summed E-state index contributed by atoms with van der Waals surface area (Å²) in [5, 5.41) is 14.4. The van der Waals surface area contributed by atoms with Gasteiger partial charge < -0.3 is 10.5 Å². The number of nitriles is 1. The fourth-order valence-corrected chi connectivity index (χ4v) is 2.76. The van der Waals surface area contributed by atoms with Crippen LogP contribution in [-0.2, 0) is 4.79 Å². The summed E-state index contributed by atoms with van der Waals surface area (Å²) in [6.45, 7) is 2.49. The number of carbonyl (C=O) groups excluding carboxylic acids is 1. The molecule has 3 rings (SSSR count). The molecular formula is C21H17ClN4O2. The number of primary amides is 1. The topological polar surface area (TPSA) is 93.9 Å². The summed E-state index contributed by atoms with van der Waals surface area (Å²) in [4.78, 5) is 11.5. The Morgan fingerprint density at radius 3 is 2.50 bits per heavy atom. The summed E-state index contributed by atoms with van der Waals surface area (Å²) in [5.41, 5.74) is 7.92. The van der Waals surface area contributed by atoms with Gasteiger partial charge in [0.1, 0.15) is 17.4 Å². The van der Waals surface area contributed by atoms with E-state index in [9.17, 15) is 10.1 Å². The van der Waals surface area contributed by atoms with Crippen molar-refractivity contribution >= 4 is 23.6 Å². The van der Waals surface area contributed by atoms with Crippen LogP contribution >= 0.6 is 11.6 Å². The van der Waals surface area contributed by atoms with Crippen molar-refractivity contribution in [2.24, 2.45) is 5.73 Å². The number of carbonyl (C=O) groups is 1. The van der Waals surface area contributed by atoms with Crippen molar-refractivity contribution in [1.29, 1.82) is 5.26 Å². The van der Waals surface area contributed by atoms with Crippen LogP contribution in [0, 0.1) is 11.3 Å². The molecule has 2 N–H and O–H groups in total. The Labute approximate surface area is 167 Å². The van der Waals surface area contributed by atoms with Crippen molar-refractivity contribution in [2.75, 3.05) is 6.61 Å². The van der Waals surface area contributed by atoms with E-state index >= 15 is 0 Å². The first-order valence-electron chi connectivity index (χ1n) is 8.52. The minimum absolute atomic E-state index is 0.150. The third kappa shape index (κ3) is 4.22. The van der Waals surface area contributed by atoms with Gasteiger partial charge in [0.25, 0.3) is 5.91 Å². The van der Waals surface area contributed by atoms with Crippen molar-refractivity contribution in [1.82, 2.24) is 9.78 Å². The highest BCUT2D eigenvalue weighted by Crippen LogP contribution is 2.27. The summed E-state index contributed by atoms with van der Waals surface area (Å²) in [5.74, 6) is -0.0466. The molecule has 0 fully saturated rings. The van der Waals surface area contributed by atoms with Gasteiger partial charge >= 0.3 is 0 Å². The summed E-state index contributed by atoms with van der Waals surface area (Å²) in [7, 11) is 0. The Kier molecular flexibility index (Phi) is 5.78. The van der Waals surface area contributed by atoms with E-state index in [1.807, 2.05) is 49.4 Å². The molecule has 1 aromatic heterocycles. The maximum Gasteiger partial charge on any atom is 0.259 e. The van der Waals surface area contributed by atoms with Gasteiger partial charge in [0.15, 0.2) is 0 Å². The van der Waals surface area contributed by atoms with E-state index in [1.54, 1.807) is 23.0 Å². The van der Waals surface area contributed by atoms with Crippen molar-refractivity contribution in [3.63, 3.8) is 0 Å². The van der Waals surface area contributed by atoms with Gasteiger partial charge in [-0.15, -0.1) is 0 Å². The molecule has 28 heavy (non-hydrogen) atoms. The molecule has 0 radical (unpaired) electrons. The van der Waals surface area contributed by atoms with Gasteiger partial charge in [0.2, 0.25) is 0 Å². The van der Waals surface area contributed by atoms with E-state index in [0.717, 1.165) is 17.0 Å². The Hall–Kier alpha value is -3.56. The lowest BCUT2D eigenvalue weighted by atomic mass is 10.1. The van der Waals surface area contributed by atoms with E-state index in [2.05, 4.69) is 5.10 Å². The Morgan fingerprint density at radius 1 is 1.25 bits per heavy atom. The number of nitrogens with two attached hydrogens (primary N) is 1. The number of hydrogen-bond donors (Lipinski definition) is 1. The lowest BCUT2D eigenvalue weighted by Crippen LogP contribution is -2.12. The summed E-state index contributed by atoms with van der Waals surface area (Å²) < 4.78 is 7.13. The molecule has 7 heteroatoms. The van der Waals surface area contributed by atoms with Crippen LogP contribution in [0.1, 0.15) is 12.5 Å². The number of benzene rings is 2. The van der Waals surface area contributed by atoms with Crippen LogP contribution in [0.15, 0.2) is 60.3 Å². The average Bonchev–Trinajstić information content (AvgIpc) is 3.11. The summed E-state index contributed by atoms with van der Waals surface area (Å²) in [6.07, 6.45) is 3.17. The predicted molar refractivity (Wildman–Crippen MR) is 108 cm³/mol. The lowest BCUT2D eigenvalue weighted by molar-refractivity contribution is -0.114. The van der Waals surface area contributed by atoms with Gasteiger partial charge in [-0.2, -0.15) is 10.4 Å². The second kappa shape index (κ2) is 8.42. The number of nitrogens with zero attached hydrogens (tertiary/aromatic N) is 3. The molecule has 1 amide bonds. The van der Waals surface area contributed by atoms with Crippen LogP contribution in [0.4, 0.5) is 0 Å². The molecule has 0 aliphatic carbocycles. The van der Waals surface area contributed by atoms with Crippen molar-refractivity contribution in [2.45, 2.75) is 6.92 Å². The molecule has 0 unspecified atom stereocenters. The van der Waals surface area contributed by atoms with Crippen molar-refractivity contribution in [3.05, 3.63) is 70.9 Å². The van der Waals surface area contributed by atoms with Crippen LogP contribution in [0.3, 0.4) is 0 Å². The summed E-state index contributed by atoms with van der Waals surface area (Å²) >= 11 is 5.96. The standard InChI is InChI=1S/C21H17ClN4O2/c1-2-28-19-9-3-14(4-10-19)20-16(11-15(12-23)21(24)27)13-26(25-20)18-7-5-17(22)6-8-18/h3-11,13H,2H2,1H3,(H2,24,27)/b15-11+. The molecule has 6 nitrogen and oxygen atoms in total. The van der Waals surface area contributed by atoms with Crippen LogP contribution < -0.4 is 10.5 Å². The van der Waals surface area contributed by atoms with Crippen LogP contribution in [0.25, 0.3) is 23.0 Å². The van der Waals surface area contributed by atoms with Gasteiger partial charge in [-0.1, -0.05) is 11.6 Å². The second-order valence-corrected chi connectivity index (χ2v) is 6.28. The zero-order chi connectivity index (χ0) is 20.1. The second-order valence-electron chi connectivity index (χ2n) is 5.85. The van der Waals surface area contributed by atoms with Crippen LogP contribution in [-0.4, -0.2) is 22.3 Å². The average molecular weight is 393 g/mol. The smallest absolute Gasteiger partial charge is 0.259 e. The fraction of sp³-hybridized carbons (Fsp3) is 0.0952. The zero-order valence-corrected chi connectivity index (χ0v) is 15.8. The highest BCUT2D eigenvalue weighted by molar-refractivity contribution is 6.30. The van der Waals surface area contributed by atoms with Gasteiger partial charge in [-0.05, 0) is 61.5 Å². The molecule has 0 aliphatic heterocycles. The maximum atomic E-state index is 11.5. The van der Waals surface area contributed by atoms with Gasteiger partial charge in [0.05, 0.1) is 18.0 Å². The normalized spacial score (nSPS) is 11.1. The molecule has 0 saturated heterocycles. The van der Waals surface area contributed by atoms with Crippen LogP contribution in [0.5, 0.6) is 5.75 Å². The summed E-state index contributed by atoms with van der Waals surface area (Å²) in [6, 6.07) is 16.4. The highest BCUT2D eigenvalue weighted by Gasteiger charge is 2.14. The quantitative estimate of drug-likeness (QED) is 0.507. The zero-order valence-electron chi connectivity index (χ0n) is 15.1. The largest absolute Gasteiger partial charge is 0.494 e. The monoisotopic (exact) mass is 392 g/mol. The maximum absolute atomic E-state index is 11.5. The van der Waals surface area contributed by atoms with Crippen molar-refractivity contribution in [3.8, 4) is 28.8 Å². The molecule has 1 heterocycles. The molecule has 0 spiro atoms. The first kappa shape index (κ1) is 19.2. The number of halogens is 1. The molecule has 3 aromatic rings. The number of rotatable bonds is 6. The number of aromatic nitrogens is 2. The number of hydrogen-bond acceptors (Lipinski definition) is 4. The Morgan fingerprint density at radius 2 is 1.93 bits per heavy atom. The predicted octanol–water partition coefficient (Wildman–Crippen LogP) is 3.98.